The van der Waals surface area contributed by atoms with Gasteiger partial charge in [0.15, 0.2) is 0 Å². The molecule has 2 heteroatoms. The minimum absolute atomic E-state index is 0.383. The molecular weight excluding hydrogens is 198 g/mol. The van der Waals surface area contributed by atoms with Gasteiger partial charge in [-0.25, -0.2) is 0 Å². The first kappa shape index (κ1) is 10.3. The van der Waals surface area contributed by atoms with E-state index in [0.717, 1.165) is 25.6 Å². The molecule has 16 heavy (non-hydrogen) atoms. The predicted octanol–water partition coefficient (Wildman–Crippen LogP) is 2.88. The van der Waals surface area contributed by atoms with E-state index >= 15 is 0 Å². The third-order valence-corrected chi connectivity index (χ3v) is 4.21. The number of rotatable bonds is 2. The second-order valence-electron chi connectivity index (χ2n) is 5.51. The van der Waals surface area contributed by atoms with Crippen LogP contribution in [0.5, 0.6) is 0 Å². The number of hydrogen-bond donors (Lipinski definition) is 0. The molecule has 1 aromatic heterocycles. The quantitative estimate of drug-likeness (QED) is 0.760. The summed E-state index contributed by atoms with van der Waals surface area (Å²) in [4.78, 5) is 4.68. The zero-order valence-electron chi connectivity index (χ0n) is 10.1. The van der Waals surface area contributed by atoms with Crippen LogP contribution in [0.2, 0.25) is 0 Å². The lowest BCUT2D eigenvalue weighted by Crippen LogP contribution is -2.22. The molecular formula is C14H19NO. The maximum atomic E-state index is 5.50. The summed E-state index contributed by atoms with van der Waals surface area (Å²) < 4.78 is 5.50. The lowest BCUT2D eigenvalue weighted by molar-refractivity contribution is 0.0794. The van der Waals surface area contributed by atoms with E-state index < -0.39 is 0 Å². The highest BCUT2D eigenvalue weighted by molar-refractivity contribution is 5.31. The van der Waals surface area contributed by atoms with Gasteiger partial charge < -0.3 is 4.74 Å². The highest BCUT2D eigenvalue weighted by atomic mass is 16.5. The van der Waals surface area contributed by atoms with E-state index in [4.69, 9.17) is 4.74 Å². The summed E-state index contributed by atoms with van der Waals surface area (Å²) in [5.74, 6) is 1.31. The van der Waals surface area contributed by atoms with Crippen molar-refractivity contribution in [3.63, 3.8) is 0 Å². The molecule has 2 nitrogen and oxygen atoms in total. The average molecular weight is 217 g/mol. The van der Waals surface area contributed by atoms with Crippen molar-refractivity contribution in [2.24, 2.45) is 5.92 Å². The van der Waals surface area contributed by atoms with Crippen LogP contribution in [0.15, 0.2) is 18.3 Å². The lowest BCUT2D eigenvalue weighted by atomic mass is 9.92. The van der Waals surface area contributed by atoms with Gasteiger partial charge in [-0.15, -0.1) is 0 Å². The molecule has 0 bridgehead atoms. The normalized spacial score (nSPS) is 32.6. The van der Waals surface area contributed by atoms with E-state index in [1.807, 2.05) is 0 Å². The fraction of sp³-hybridized carbons (Fsp3) is 0.643. The third-order valence-electron chi connectivity index (χ3n) is 4.21. The van der Waals surface area contributed by atoms with Crippen LogP contribution in [0.1, 0.15) is 43.9 Å². The first-order valence-electron chi connectivity index (χ1n) is 6.26. The van der Waals surface area contributed by atoms with Gasteiger partial charge in [-0.05, 0) is 36.3 Å². The minimum atomic E-state index is 0.383. The van der Waals surface area contributed by atoms with E-state index in [1.165, 1.54) is 17.7 Å². The molecule has 0 spiro atoms. The van der Waals surface area contributed by atoms with Crippen LogP contribution >= 0.6 is 0 Å². The summed E-state index contributed by atoms with van der Waals surface area (Å²) in [7, 11) is 0. The molecule has 2 heterocycles. The van der Waals surface area contributed by atoms with Crippen molar-refractivity contribution < 1.29 is 4.74 Å². The molecule has 1 aliphatic heterocycles. The number of fused-ring (bicyclic) bond motifs is 1. The summed E-state index contributed by atoms with van der Waals surface area (Å²) in [6, 6.07) is 4.48. The topological polar surface area (TPSA) is 22.1 Å². The van der Waals surface area contributed by atoms with Crippen LogP contribution in [-0.4, -0.2) is 18.2 Å². The van der Waals surface area contributed by atoms with Crippen molar-refractivity contribution in [2.45, 2.75) is 38.0 Å². The molecule has 3 rings (SSSR count). The van der Waals surface area contributed by atoms with Crippen molar-refractivity contribution in [3.05, 3.63) is 29.6 Å². The number of ether oxygens (including phenoxy) is 1. The van der Waals surface area contributed by atoms with Gasteiger partial charge in [-0.1, -0.05) is 19.9 Å². The van der Waals surface area contributed by atoms with Gasteiger partial charge in [0.25, 0.3) is 0 Å². The first-order chi connectivity index (χ1) is 7.72. The molecule has 0 amide bonds. The molecule has 0 N–H and O–H groups in total. The molecule has 0 radical (unpaired) electrons. The Bertz CT molecular complexity index is 384. The Morgan fingerprint density at radius 3 is 2.94 bits per heavy atom. The summed E-state index contributed by atoms with van der Waals surface area (Å²) in [6.07, 6.45) is 4.49. The Morgan fingerprint density at radius 1 is 1.44 bits per heavy atom. The largest absolute Gasteiger partial charge is 0.381 e. The van der Waals surface area contributed by atoms with Crippen LogP contribution in [0, 0.1) is 5.92 Å². The van der Waals surface area contributed by atoms with E-state index in [2.05, 4.69) is 37.2 Å². The zero-order valence-corrected chi connectivity index (χ0v) is 10.1. The van der Waals surface area contributed by atoms with Gasteiger partial charge in [0.05, 0.1) is 6.61 Å². The standard InChI is InChI=1S/C14H19NO/c1-10(2)11-3-4-13(15-8-11)14-5-6-16-9-12(14)7-14/h3-4,8,10,12H,5-7,9H2,1-2H3/t12-,14+/m1/s1. The Morgan fingerprint density at radius 2 is 2.31 bits per heavy atom. The van der Waals surface area contributed by atoms with E-state index in [9.17, 15) is 0 Å². The fourth-order valence-electron chi connectivity index (χ4n) is 2.87. The van der Waals surface area contributed by atoms with Crippen LogP contribution in [-0.2, 0) is 10.2 Å². The number of nitrogens with zero attached hydrogens (tertiary/aromatic N) is 1. The molecule has 2 aliphatic rings. The molecule has 1 aliphatic carbocycles. The zero-order chi connectivity index (χ0) is 11.2. The van der Waals surface area contributed by atoms with Crippen molar-refractivity contribution >= 4 is 0 Å². The molecule has 0 aromatic carbocycles. The molecule has 2 atom stereocenters. The first-order valence-corrected chi connectivity index (χ1v) is 6.26. The predicted molar refractivity (Wildman–Crippen MR) is 63.5 cm³/mol. The van der Waals surface area contributed by atoms with Crippen LogP contribution in [0.25, 0.3) is 0 Å². The number of aromatic nitrogens is 1. The second-order valence-corrected chi connectivity index (χ2v) is 5.51. The van der Waals surface area contributed by atoms with Crippen LogP contribution in [0.3, 0.4) is 0 Å². The number of pyridine rings is 1. The van der Waals surface area contributed by atoms with Gasteiger partial charge in [0, 0.05) is 23.9 Å². The lowest BCUT2D eigenvalue weighted by Gasteiger charge is -2.22. The Balaban J connectivity index is 1.85. The van der Waals surface area contributed by atoms with Gasteiger partial charge >= 0.3 is 0 Å². The third kappa shape index (κ3) is 1.47. The fourth-order valence-corrected chi connectivity index (χ4v) is 2.87. The van der Waals surface area contributed by atoms with Crippen LogP contribution < -0.4 is 0 Å². The highest BCUT2D eigenvalue weighted by Gasteiger charge is 2.57. The summed E-state index contributed by atoms with van der Waals surface area (Å²) in [6.45, 7) is 6.27. The average Bonchev–Trinajstić information content (AvgIpc) is 3.04. The molecule has 1 saturated heterocycles. The molecule has 2 fully saturated rings. The van der Waals surface area contributed by atoms with E-state index in [1.54, 1.807) is 0 Å². The van der Waals surface area contributed by atoms with Crippen molar-refractivity contribution in [1.82, 2.24) is 4.98 Å². The highest BCUT2D eigenvalue weighted by Crippen LogP contribution is 2.58. The Labute approximate surface area is 97.0 Å². The minimum Gasteiger partial charge on any atom is -0.381 e. The summed E-state index contributed by atoms with van der Waals surface area (Å²) in [5.41, 5.74) is 3.02. The van der Waals surface area contributed by atoms with Gasteiger partial charge in [0.2, 0.25) is 0 Å². The maximum absolute atomic E-state index is 5.50. The van der Waals surface area contributed by atoms with E-state index in [-0.39, 0.29) is 0 Å². The molecule has 1 aromatic rings. The number of hydrogen-bond acceptors (Lipinski definition) is 2. The van der Waals surface area contributed by atoms with Crippen molar-refractivity contribution in [2.75, 3.05) is 13.2 Å². The second kappa shape index (κ2) is 3.56. The van der Waals surface area contributed by atoms with Gasteiger partial charge in [-0.2, -0.15) is 0 Å². The molecule has 86 valence electrons. The smallest absolute Gasteiger partial charge is 0.0503 e. The van der Waals surface area contributed by atoms with Gasteiger partial charge in [0.1, 0.15) is 0 Å². The maximum Gasteiger partial charge on any atom is 0.0503 e. The van der Waals surface area contributed by atoms with E-state index in [0.29, 0.717) is 11.3 Å². The Hall–Kier alpha value is -0.890. The molecule has 1 saturated carbocycles. The monoisotopic (exact) mass is 217 g/mol. The SMILES string of the molecule is CC(C)c1ccc([C@]23CCOC[C@H]2C3)nc1. The molecule has 0 unspecified atom stereocenters. The summed E-state index contributed by atoms with van der Waals surface area (Å²) >= 11 is 0. The Kier molecular flexibility index (Phi) is 2.28. The van der Waals surface area contributed by atoms with Crippen molar-refractivity contribution in [1.29, 1.82) is 0 Å². The van der Waals surface area contributed by atoms with Crippen LogP contribution in [0.4, 0.5) is 0 Å². The van der Waals surface area contributed by atoms with Gasteiger partial charge in [-0.3, -0.25) is 4.98 Å². The summed E-state index contributed by atoms with van der Waals surface area (Å²) in [5, 5.41) is 0. The van der Waals surface area contributed by atoms with Crippen molar-refractivity contribution in [3.8, 4) is 0 Å².